The summed E-state index contributed by atoms with van der Waals surface area (Å²) in [6.45, 7) is 0. The molecular formula is C51H33N. The number of benzene rings is 9. The van der Waals surface area contributed by atoms with Crippen LogP contribution in [0, 0.1) is 0 Å². The Kier molecular flexibility index (Phi) is 6.23. The minimum Gasteiger partial charge on any atom is -0.355 e. The topological polar surface area (TPSA) is 12.0 Å². The van der Waals surface area contributed by atoms with E-state index in [1.54, 1.807) is 0 Å². The number of rotatable bonds is 4. The summed E-state index contributed by atoms with van der Waals surface area (Å²) in [6, 6.07) is 71.5. The van der Waals surface area contributed by atoms with Crippen LogP contribution in [0.25, 0.3) is 66.1 Å². The third kappa shape index (κ3) is 4.17. The van der Waals surface area contributed by atoms with Crippen molar-refractivity contribution in [2.24, 2.45) is 0 Å². The van der Waals surface area contributed by atoms with Gasteiger partial charge in [-0.3, -0.25) is 0 Å². The zero-order valence-corrected chi connectivity index (χ0v) is 28.5. The summed E-state index contributed by atoms with van der Waals surface area (Å²) in [5.74, 6) is 0. The van der Waals surface area contributed by atoms with E-state index < -0.39 is 0 Å². The van der Waals surface area contributed by atoms with Gasteiger partial charge in [0, 0.05) is 16.9 Å². The first kappa shape index (κ1) is 29.1. The van der Waals surface area contributed by atoms with Gasteiger partial charge in [-0.2, -0.15) is 0 Å². The van der Waals surface area contributed by atoms with Crippen LogP contribution >= 0.6 is 0 Å². The van der Waals surface area contributed by atoms with E-state index in [0.29, 0.717) is 0 Å². The summed E-state index contributed by atoms with van der Waals surface area (Å²) < 4.78 is 0. The molecule has 0 radical (unpaired) electrons. The molecular weight excluding hydrogens is 627 g/mol. The summed E-state index contributed by atoms with van der Waals surface area (Å²) >= 11 is 0. The first-order chi connectivity index (χ1) is 25.8. The molecule has 0 aliphatic heterocycles. The first-order valence-electron chi connectivity index (χ1n) is 18.1. The quantitative estimate of drug-likeness (QED) is 0.198. The van der Waals surface area contributed by atoms with Crippen molar-refractivity contribution in [3.05, 3.63) is 216 Å². The fraction of sp³-hybridized carbons (Fsp3) is 0.0196. The van der Waals surface area contributed by atoms with Crippen LogP contribution in [0.3, 0.4) is 0 Å². The molecule has 52 heavy (non-hydrogen) atoms. The Labute approximate surface area is 303 Å². The van der Waals surface area contributed by atoms with E-state index in [-0.39, 0.29) is 5.41 Å². The Morgan fingerprint density at radius 2 is 0.750 bits per heavy atom. The average Bonchev–Trinajstić information content (AvgIpc) is 3.69. The van der Waals surface area contributed by atoms with Gasteiger partial charge in [-0.15, -0.1) is 0 Å². The summed E-state index contributed by atoms with van der Waals surface area (Å²) in [4.78, 5) is 0. The summed E-state index contributed by atoms with van der Waals surface area (Å²) in [5, 5.41) is 8.87. The predicted octanol–water partition coefficient (Wildman–Crippen LogP) is 13.4. The van der Waals surface area contributed by atoms with Crippen molar-refractivity contribution in [1.29, 1.82) is 0 Å². The third-order valence-electron chi connectivity index (χ3n) is 11.4. The monoisotopic (exact) mass is 659 g/mol. The largest absolute Gasteiger partial charge is 0.355 e. The first-order valence-corrected chi connectivity index (χ1v) is 18.1. The summed E-state index contributed by atoms with van der Waals surface area (Å²) in [7, 11) is 0. The van der Waals surface area contributed by atoms with Crippen molar-refractivity contribution >= 4 is 32.9 Å². The lowest BCUT2D eigenvalue weighted by Gasteiger charge is -2.30. The molecule has 0 saturated heterocycles. The van der Waals surface area contributed by atoms with Crippen LogP contribution < -0.4 is 5.32 Å². The van der Waals surface area contributed by atoms with Gasteiger partial charge in [0.2, 0.25) is 0 Å². The molecule has 2 aliphatic rings. The van der Waals surface area contributed by atoms with E-state index in [4.69, 9.17) is 0 Å². The SMILES string of the molecule is c1ccc2c(c1)-c1ccccc1C21c2ccccc2-c2c(Nc3ccc(-c4ccc5cc(-c6ccc7ccccc7c6)ccc5c4)cc3)cccc21. The van der Waals surface area contributed by atoms with E-state index in [9.17, 15) is 0 Å². The molecule has 11 rings (SSSR count). The highest BCUT2D eigenvalue weighted by Crippen LogP contribution is 2.63. The van der Waals surface area contributed by atoms with Crippen LogP contribution in [0.4, 0.5) is 11.4 Å². The molecule has 2 aliphatic carbocycles. The van der Waals surface area contributed by atoms with Crippen molar-refractivity contribution in [2.45, 2.75) is 5.41 Å². The van der Waals surface area contributed by atoms with Crippen molar-refractivity contribution in [1.82, 2.24) is 0 Å². The number of hydrogen-bond donors (Lipinski definition) is 1. The third-order valence-corrected chi connectivity index (χ3v) is 11.4. The molecule has 1 N–H and O–H groups in total. The standard InChI is InChI=1S/C51H33N/c1-2-11-35-30-37(21-20-33(35)10-1)40-25-24-38-31-36(22-23-39(38)32-40)34-26-28-41(29-27-34)52-49-19-9-18-48-50(49)44-14-5-8-17-47(44)51(48)45-15-6-3-12-42(45)43-13-4-7-16-46(43)51/h1-32,52H. The molecule has 0 heterocycles. The fourth-order valence-corrected chi connectivity index (χ4v) is 9.12. The normalized spacial score (nSPS) is 13.2. The number of anilines is 2. The van der Waals surface area contributed by atoms with E-state index in [1.807, 2.05) is 0 Å². The maximum Gasteiger partial charge on any atom is 0.0726 e. The molecule has 1 nitrogen and oxygen atoms in total. The Morgan fingerprint density at radius 1 is 0.308 bits per heavy atom. The van der Waals surface area contributed by atoms with Gasteiger partial charge >= 0.3 is 0 Å². The van der Waals surface area contributed by atoms with Gasteiger partial charge < -0.3 is 5.32 Å². The van der Waals surface area contributed by atoms with Crippen LogP contribution in [0.15, 0.2) is 194 Å². The van der Waals surface area contributed by atoms with Crippen molar-refractivity contribution in [2.75, 3.05) is 5.32 Å². The second-order valence-corrected chi connectivity index (χ2v) is 14.2. The van der Waals surface area contributed by atoms with Gasteiger partial charge in [-0.05, 0) is 119 Å². The molecule has 0 fully saturated rings. The highest BCUT2D eigenvalue weighted by Gasteiger charge is 2.51. The highest BCUT2D eigenvalue weighted by atomic mass is 14.9. The molecule has 0 atom stereocenters. The van der Waals surface area contributed by atoms with E-state index in [2.05, 4.69) is 199 Å². The maximum absolute atomic E-state index is 3.84. The van der Waals surface area contributed by atoms with E-state index in [0.717, 1.165) is 11.4 Å². The summed E-state index contributed by atoms with van der Waals surface area (Å²) in [6.07, 6.45) is 0. The Bertz CT molecular complexity index is 2830. The predicted molar refractivity (Wildman–Crippen MR) is 218 cm³/mol. The minimum atomic E-state index is -0.340. The van der Waals surface area contributed by atoms with Gasteiger partial charge in [0.15, 0.2) is 0 Å². The summed E-state index contributed by atoms with van der Waals surface area (Å²) in [5.41, 5.74) is 17.4. The van der Waals surface area contributed by atoms with Gasteiger partial charge in [0.25, 0.3) is 0 Å². The van der Waals surface area contributed by atoms with Crippen LogP contribution in [0.2, 0.25) is 0 Å². The minimum absolute atomic E-state index is 0.340. The van der Waals surface area contributed by atoms with Crippen LogP contribution in [-0.4, -0.2) is 0 Å². The molecule has 9 aromatic rings. The Morgan fingerprint density at radius 3 is 1.38 bits per heavy atom. The van der Waals surface area contributed by atoms with Gasteiger partial charge in [-0.25, -0.2) is 0 Å². The highest BCUT2D eigenvalue weighted by molar-refractivity contribution is 5.99. The molecule has 0 amide bonds. The molecule has 0 saturated carbocycles. The lowest BCUT2D eigenvalue weighted by molar-refractivity contribution is 0.794. The average molecular weight is 660 g/mol. The molecule has 242 valence electrons. The molecule has 0 aromatic heterocycles. The lowest BCUT2D eigenvalue weighted by atomic mass is 9.70. The molecule has 0 unspecified atom stereocenters. The van der Waals surface area contributed by atoms with Gasteiger partial charge in [0.05, 0.1) is 5.41 Å². The van der Waals surface area contributed by atoms with E-state index >= 15 is 0 Å². The van der Waals surface area contributed by atoms with E-state index in [1.165, 1.54) is 88.3 Å². The molecule has 0 bridgehead atoms. The zero-order valence-electron chi connectivity index (χ0n) is 28.5. The van der Waals surface area contributed by atoms with Crippen LogP contribution in [0.5, 0.6) is 0 Å². The zero-order chi connectivity index (χ0) is 34.2. The van der Waals surface area contributed by atoms with Crippen molar-refractivity contribution in [3.8, 4) is 44.5 Å². The number of nitrogens with one attached hydrogen (secondary N) is 1. The maximum atomic E-state index is 3.84. The molecule has 1 spiro atoms. The molecule has 9 aromatic carbocycles. The second-order valence-electron chi connectivity index (χ2n) is 14.2. The number of fused-ring (bicyclic) bond motifs is 12. The lowest BCUT2D eigenvalue weighted by Crippen LogP contribution is -2.25. The van der Waals surface area contributed by atoms with Gasteiger partial charge in [0.1, 0.15) is 0 Å². The number of hydrogen-bond acceptors (Lipinski definition) is 1. The van der Waals surface area contributed by atoms with Crippen molar-refractivity contribution < 1.29 is 0 Å². The smallest absolute Gasteiger partial charge is 0.0726 e. The Hall–Kier alpha value is -6.70. The van der Waals surface area contributed by atoms with Crippen molar-refractivity contribution in [3.63, 3.8) is 0 Å². The van der Waals surface area contributed by atoms with Crippen LogP contribution in [-0.2, 0) is 5.41 Å². The molecule has 1 heteroatoms. The van der Waals surface area contributed by atoms with Gasteiger partial charge in [-0.1, -0.05) is 158 Å². The Balaban J connectivity index is 0.934. The second kappa shape index (κ2) is 11.2. The van der Waals surface area contributed by atoms with Crippen LogP contribution in [0.1, 0.15) is 22.3 Å². The fourth-order valence-electron chi connectivity index (χ4n) is 9.12.